The second kappa shape index (κ2) is 6.82. The number of amides is 1. The summed E-state index contributed by atoms with van der Waals surface area (Å²) in [6.45, 7) is 1.45. The number of rotatable bonds is 7. The van der Waals surface area contributed by atoms with Crippen LogP contribution in [0.5, 0.6) is 0 Å². The number of aliphatic carboxylic acids is 1. The summed E-state index contributed by atoms with van der Waals surface area (Å²) in [6, 6.07) is 2.09. The molecule has 9 heteroatoms. The molecule has 7 nitrogen and oxygen atoms in total. The highest BCUT2D eigenvalue weighted by atomic mass is 32.2. The number of carboxylic acids is 1. The van der Waals surface area contributed by atoms with Crippen LogP contribution in [0, 0.1) is 0 Å². The molecule has 0 aliphatic carbocycles. The number of hydrogen-bond donors (Lipinski definition) is 2. The molecule has 0 aromatic carbocycles. The number of thiophene rings is 1. The lowest BCUT2D eigenvalue weighted by Gasteiger charge is -2.21. The van der Waals surface area contributed by atoms with Gasteiger partial charge in [-0.1, -0.05) is 6.07 Å². The van der Waals surface area contributed by atoms with Crippen LogP contribution in [0.4, 0.5) is 0 Å². The van der Waals surface area contributed by atoms with Gasteiger partial charge < -0.3 is 10.0 Å². The number of hydrogen-bond acceptors (Lipinski definition) is 5. The van der Waals surface area contributed by atoms with Crippen molar-refractivity contribution in [3.8, 4) is 0 Å². The molecule has 0 spiro atoms. The fourth-order valence-corrected chi connectivity index (χ4v) is 3.67. The Morgan fingerprint density at radius 3 is 2.65 bits per heavy atom. The second-order valence-electron chi connectivity index (χ2n) is 4.18. The van der Waals surface area contributed by atoms with Crippen LogP contribution in [0.3, 0.4) is 0 Å². The average Bonchev–Trinajstić information content (AvgIpc) is 2.88. The summed E-state index contributed by atoms with van der Waals surface area (Å²) in [5.74, 6) is -1.50. The van der Waals surface area contributed by atoms with Crippen molar-refractivity contribution in [1.29, 1.82) is 0 Å². The van der Waals surface area contributed by atoms with Crippen LogP contribution in [0.15, 0.2) is 21.7 Å². The van der Waals surface area contributed by atoms with Crippen molar-refractivity contribution in [2.24, 2.45) is 0 Å². The van der Waals surface area contributed by atoms with Gasteiger partial charge in [-0.2, -0.15) is 4.72 Å². The first kappa shape index (κ1) is 16.6. The zero-order chi connectivity index (χ0) is 15.3. The molecule has 0 bridgehead atoms. The lowest BCUT2D eigenvalue weighted by Crippen LogP contribution is -2.45. The van der Waals surface area contributed by atoms with Crippen molar-refractivity contribution in [2.75, 3.05) is 13.6 Å². The van der Waals surface area contributed by atoms with Gasteiger partial charge in [0.25, 0.3) is 10.0 Å². The summed E-state index contributed by atoms with van der Waals surface area (Å²) >= 11 is 1.05. The van der Waals surface area contributed by atoms with Crippen LogP contribution in [0.25, 0.3) is 0 Å². The SMILES string of the molecule is CC(NS(=O)(=O)c1cccs1)C(=O)N(C)CCC(=O)O. The van der Waals surface area contributed by atoms with E-state index in [0.29, 0.717) is 0 Å². The van der Waals surface area contributed by atoms with E-state index in [9.17, 15) is 18.0 Å². The molecule has 1 aromatic heterocycles. The molecule has 1 unspecified atom stereocenters. The first-order chi connectivity index (χ1) is 9.24. The van der Waals surface area contributed by atoms with E-state index in [-0.39, 0.29) is 17.2 Å². The standard InChI is InChI=1S/C11H16N2O5S2/c1-8(11(16)13(2)6-5-9(14)15)12-20(17,18)10-4-3-7-19-10/h3-4,7-8,12H,5-6H2,1-2H3,(H,14,15). The number of sulfonamides is 1. The number of nitrogens with zero attached hydrogens (tertiary/aromatic N) is 1. The molecule has 1 aromatic rings. The lowest BCUT2D eigenvalue weighted by molar-refractivity contribution is -0.138. The van der Waals surface area contributed by atoms with Crippen molar-refractivity contribution < 1.29 is 23.1 Å². The van der Waals surface area contributed by atoms with Crippen molar-refractivity contribution in [3.05, 3.63) is 17.5 Å². The van der Waals surface area contributed by atoms with E-state index in [4.69, 9.17) is 5.11 Å². The van der Waals surface area contributed by atoms with Crippen LogP contribution in [-0.4, -0.2) is 49.9 Å². The van der Waals surface area contributed by atoms with Crippen molar-refractivity contribution >= 4 is 33.2 Å². The largest absolute Gasteiger partial charge is 0.481 e. The Labute approximate surface area is 121 Å². The van der Waals surface area contributed by atoms with Gasteiger partial charge in [0.15, 0.2) is 0 Å². The normalized spacial score (nSPS) is 12.9. The summed E-state index contributed by atoms with van der Waals surface area (Å²) in [5.41, 5.74) is 0. The quantitative estimate of drug-likeness (QED) is 0.754. The van der Waals surface area contributed by atoms with E-state index < -0.39 is 27.9 Å². The molecule has 2 N–H and O–H groups in total. The molecule has 0 aliphatic rings. The molecule has 1 atom stereocenters. The highest BCUT2D eigenvalue weighted by Gasteiger charge is 2.24. The molecule has 0 saturated carbocycles. The third-order valence-electron chi connectivity index (χ3n) is 2.50. The Hall–Kier alpha value is -1.45. The zero-order valence-corrected chi connectivity index (χ0v) is 12.7. The van der Waals surface area contributed by atoms with Gasteiger partial charge in [-0.3, -0.25) is 9.59 Å². The minimum absolute atomic E-state index is 0.0270. The van der Waals surface area contributed by atoms with Gasteiger partial charge in [-0.25, -0.2) is 8.42 Å². The van der Waals surface area contributed by atoms with Crippen LogP contribution < -0.4 is 4.72 Å². The predicted octanol–water partition coefficient (Wildman–Crippen LogP) is 0.348. The smallest absolute Gasteiger partial charge is 0.305 e. The Balaban J connectivity index is 2.64. The van der Waals surface area contributed by atoms with Gasteiger partial charge in [-0.05, 0) is 18.4 Å². The van der Waals surface area contributed by atoms with Gasteiger partial charge >= 0.3 is 5.97 Å². The molecule has 0 saturated heterocycles. The van der Waals surface area contributed by atoms with Gasteiger partial charge in [0.05, 0.1) is 12.5 Å². The third-order valence-corrected chi connectivity index (χ3v) is 5.44. The molecule has 0 aliphatic heterocycles. The topological polar surface area (TPSA) is 104 Å². The fraction of sp³-hybridized carbons (Fsp3) is 0.455. The Morgan fingerprint density at radius 1 is 1.50 bits per heavy atom. The maximum Gasteiger partial charge on any atom is 0.305 e. The maximum absolute atomic E-state index is 11.9. The minimum atomic E-state index is -3.72. The van der Waals surface area contributed by atoms with Crippen molar-refractivity contribution in [2.45, 2.75) is 23.6 Å². The monoisotopic (exact) mass is 320 g/mol. The molecule has 1 rings (SSSR count). The highest BCUT2D eigenvalue weighted by Crippen LogP contribution is 2.15. The van der Waals surface area contributed by atoms with Crippen LogP contribution in [0.1, 0.15) is 13.3 Å². The highest BCUT2D eigenvalue weighted by molar-refractivity contribution is 7.91. The van der Waals surface area contributed by atoms with Crippen LogP contribution in [0.2, 0.25) is 0 Å². The first-order valence-electron chi connectivity index (χ1n) is 5.76. The number of carbonyl (C=O) groups is 2. The summed E-state index contributed by atoms with van der Waals surface area (Å²) in [7, 11) is -2.29. The predicted molar refractivity (Wildman–Crippen MR) is 74.0 cm³/mol. The number of nitrogens with one attached hydrogen (secondary N) is 1. The molecule has 20 heavy (non-hydrogen) atoms. The van der Waals surface area contributed by atoms with Gasteiger partial charge in [-0.15, -0.1) is 11.3 Å². The van der Waals surface area contributed by atoms with E-state index >= 15 is 0 Å². The van der Waals surface area contributed by atoms with E-state index in [2.05, 4.69) is 4.72 Å². The maximum atomic E-state index is 11.9. The summed E-state index contributed by atoms with van der Waals surface area (Å²) in [5, 5.41) is 10.2. The Bertz CT molecular complexity index is 568. The summed E-state index contributed by atoms with van der Waals surface area (Å²) in [6.07, 6.45) is -0.188. The summed E-state index contributed by atoms with van der Waals surface area (Å²) in [4.78, 5) is 23.5. The molecule has 112 valence electrons. The third kappa shape index (κ3) is 4.58. The van der Waals surface area contributed by atoms with Crippen molar-refractivity contribution in [1.82, 2.24) is 9.62 Å². The van der Waals surface area contributed by atoms with Crippen LogP contribution in [-0.2, 0) is 19.6 Å². The van der Waals surface area contributed by atoms with E-state index in [1.54, 1.807) is 11.4 Å². The van der Waals surface area contributed by atoms with E-state index in [1.165, 1.54) is 24.9 Å². The molecular formula is C11H16N2O5S2. The van der Waals surface area contributed by atoms with E-state index in [0.717, 1.165) is 11.3 Å². The summed E-state index contributed by atoms with van der Waals surface area (Å²) < 4.78 is 26.3. The average molecular weight is 320 g/mol. The Kier molecular flexibility index (Phi) is 5.66. The molecule has 0 fully saturated rings. The second-order valence-corrected chi connectivity index (χ2v) is 7.07. The zero-order valence-electron chi connectivity index (χ0n) is 11.1. The molecule has 1 heterocycles. The molecule has 0 radical (unpaired) electrons. The molecular weight excluding hydrogens is 304 g/mol. The molecule has 1 amide bonds. The Morgan fingerprint density at radius 2 is 2.15 bits per heavy atom. The fourth-order valence-electron chi connectivity index (χ4n) is 1.46. The van der Waals surface area contributed by atoms with Gasteiger partial charge in [0.1, 0.15) is 4.21 Å². The van der Waals surface area contributed by atoms with Gasteiger partial charge in [0, 0.05) is 13.6 Å². The number of likely N-dealkylation sites (N-methyl/N-ethyl adjacent to an activating group) is 1. The number of carboxylic acid groups (broad SMARTS) is 1. The van der Waals surface area contributed by atoms with Crippen molar-refractivity contribution in [3.63, 3.8) is 0 Å². The first-order valence-corrected chi connectivity index (χ1v) is 8.13. The minimum Gasteiger partial charge on any atom is -0.481 e. The number of carbonyl (C=O) groups excluding carboxylic acids is 1. The van der Waals surface area contributed by atoms with Gasteiger partial charge in [0.2, 0.25) is 5.91 Å². The van der Waals surface area contributed by atoms with Crippen LogP contribution >= 0.6 is 11.3 Å². The van der Waals surface area contributed by atoms with E-state index in [1.807, 2.05) is 0 Å². The lowest BCUT2D eigenvalue weighted by atomic mass is 10.3.